The van der Waals surface area contributed by atoms with Gasteiger partial charge < -0.3 is 51.0 Å². The van der Waals surface area contributed by atoms with E-state index in [1.54, 1.807) is 0 Å². The largest absolute Gasteiger partial charge is 0.380 e. The molecule has 2 aliphatic heterocycles. The van der Waals surface area contributed by atoms with Crippen molar-refractivity contribution in [2.45, 2.75) is 61.6 Å². The lowest BCUT2D eigenvalue weighted by Crippen LogP contribution is -2.50. The van der Waals surface area contributed by atoms with Crippen molar-refractivity contribution in [2.24, 2.45) is 5.11 Å². The predicted octanol–water partition coefficient (Wildman–Crippen LogP) is -1.47. The molecule has 43 heavy (non-hydrogen) atoms. The van der Waals surface area contributed by atoms with Crippen LogP contribution in [-0.2, 0) is 28.6 Å². The van der Waals surface area contributed by atoms with E-state index in [2.05, 4.69) is 36.6 Å². The van der Waals surface area contributed by atoms with Gasteiger partial charge in [-0.1, -0.05) is 11.5 Å². The summed E-state index contributed by atoms with van der Waals surface area (Å²) in [5, 5.41) is 36.7. The molecule has 0 aromatic heterocycles. The number of fused-ring (bicyclic) bond motifs is 1. The summed E-state index contributed by atoms with van der Waals surface area (Å²) in [6, 6.07) is 0.333. The Morgan fingerprint density at radius 3 is 2.16 bits per heavy atom. The average Bonchev–Trinajstić information content (AvgIpc) is 3.55. The highest BCUT2D eigenvalue weighted by molar-refractivity contribution is 8.00. The van der Waals surface area contributed by atoms with Gasteiger partial charge in [0.2, 0.25) is 5.91 Å². The van der Waals surface area contributed by atoms with Gasteiger partial charge in [-0.2, -0.15) is 11.8 Å². The zero-order chi connectivity index (χ0) is 31.3. The second-order valence-corrected chi connectivity index (χ2v) is 11.1. The van der Waals surface area contributed by atoms with Gasteiger partial charge in [-0.05, 0) is 24.8 Å². The standard InChI is InChI=1S/C25H44N8O9S/c26-33-30-7-3-6-28-23(37)21(35)22(36)24(38)29-9-11-41-13-15-42-14-12-40-10-8-27-19(34)5-2-1-4-18-20-17(16-43-18)31-25(39)32-20/h17-18,20-22,35-36H,1-16H2,(H,27,34)(H,28,37)(H,29,38)(H2,31,32,39)/t17-,18-,20-,21+,22+/m0/s1. The van der Waals surface area contributed by atoms with Crippen LogP contribution in [0, 0.1) is 0 Å². The summed E-state index contributed by atoms with van der Waals surface area (Å²) in [7, 11) is 0. The van der Waals surface area contributed by atoms with E-state index in [-0.39, 0.29) is 56.9 Å². The Morgan fingerprint density at radius 1 is 0.907 bits per heavy atom. The number of ether oxygens (including phenoxy) is 3. The van der Waals surface area contributed by atoms with Crippen LogP contribution in [0.4, 0.5) is 4.79 Å². The number of amides is 5. The SMILES string of the molecule is [N-]=[N+]=NCCCNC(=O)[C@H](O)[C@@H](O)C(=O)NCCOCCOCCOCCNC(=O)CCCC[C@@H]1SC[C@@H]2NC(=O)N[C@@H]21. The first-order chi connectivity index (χ1) is 20.8. The minimum atomic E-state index is -1.94. The van der Waals surface area contributed by atoms with Crippen LogP contribution >= 0.6 is 11.8 Å². The average molecular weight is 633 g/mol. The maximum absolute atomic E-state index is 12.0. The highest BCUT2D eigenvalue weighted by Gasteiger charge is 2.42. The molecule has 2 aliphatic rings. The van der Waals surface area contributed by atoms with Crippen LogP contribution in [0.5, 0.6) is 0 Å². The fourth-order valence-electron chi connectivity index (χ4n) is 4.32. The molecule has 18 heteroatoms. The van der Waals surface area contributed by atoms with Crippen molar-refractivity contribution in [2.75, 3.05) is 71.6 Å². The van der Waals surface area contributed by atoms with Crippen LogP contribution in [0.3, 0.4) is 0 Å². The van der Waals surface area contributed by atoms with Gasteiger partial charge in [-0.15, -0.1) is 0 Å². The van der Waals surface area contributed by atoms with E-state index < -0.39 is 24.0 Å². The normalized spacial score (nSPS) is 20.2. The summed E-state index contributed by atoms with van der Waals surface area (Å²) in [4.78, 5) is 49.6. The van der Waals surface area contributed by atoms with E-state index >= 15 is 0 Å². The second-order valence-electron chi connectivity index (χ2n) is 9.83. The fourth-order valence-corrected chi connectivity index (χ4v) is 5.86. The first-order valence-electron chi connectivity index (χ1n) is 14.4. The third-order valence-corrected chi connectivity index (χ3v) is 8.08. The number of thioether (sulfide) groups is 1. The molecule has 0 radical (unpaired) electrons. The molecule has 7 N–H and O–H groups in total. The van der Waals surface area contributed by atoms with Crippen LogP contribution < -0.4 is 26.6 Å². The van der Waals surface area contributed by atoms with Crippen molar-refractivity contribution in [1.82, 2.24) is 26.6 Å². The van der Waals surface area contributed by atoms with Crippen molar-refractivity contribution in [1.29, 1.82) is 0 Å². The number of aliphatic hydroxyl groups excluding tert-OH is 2. The Balaban J connectivity index is 1.32. The van der Waals surface area contributed by atoms with Crippen LogP contribution in [-0.4, -0.2) is 135 Å². The van der Waals surface area contributed by atoms with Gasteiger partial charge in [0.25, 0.3) is 11.8 Å². The molecule has 0 aromatic carbocycles. The first-order valence-corrected chi connectivity index (χ1v) is 15.5. The van der Waals surface area contributed by atoms with Crippen molar-refractivity contribution < 1.29 is 43.6 Å². The van der Waals surface area contributed by atoms with Crippen LogP contribution in [0.25, 0.3) is 10.4 Å². The number of aliphatic hydroxyl groups is 2. The van der Waals surface area contributed by atoms with Gasteiger partial charge in [-0.25, -0.2) is 4.79 Å². The Bertz CT molecular complexity index is 927. The maximum atomic E-state index is 12.0. The van der Waals surface area contributed by atoms with Crippen molar-refractivity contribution in [3.05, 3.63) is 10.4 Å². The predicted molar refractivity (Wildman–Crippen MR) is 156 cm³/mol. The van der Waals surface area contributed by atoms with Crippen LogP contribution in [0.2, 0.25) is 0 Å². The molecule has 5 atom stereocenters. The number of unbranched alkanes of at least 4 members (excludes halogenated alkanes) is 1. The zero-order valence-electron chi connectivity index (χ0n) is 24.2. The molecular weight excluding hydrogens is 588 g/mol. The van der Waals surface area contributed by atoms with E-state index in [1.807, 2.05) is 11.8 Å². The number of carbonyl (C=O) groups is 4. The highest BCUT2D eigenvalue weighted by Crippen LogP contribution is 2.33. The van der Waals surface area contributed by atoms with E-state index in [0.29, 0.717) is 51.1 Å². The lowest BCUT2D eigenvalue weighted by atomic mass is 10.0. The lowest BCUT2D eigenvalue weighted by molar-refractivity contribution is -0.146. The molecule has 2 rings (SSSR count). The Morgan fingerprint density at radius 2 is 1.51 bits per heavy atom. The quantitative estimate of drug-likeness (QED) is 0.0214. The molecule has 2 heterocycles. The molecule has 244 valence electrons. The van der Waals surface area contributed by atoms with Gasteiger partial charge in [0.1, 0.15) is 0 Å². The first kappa shape index (κ1) is 36.3. The molecule has 0 unspecified atom stereocenters. The van der Waals surface area contributed by atoms with E-state index in [9.17, 15) is 29.4 Å². The number of nitrogens with zero attached hydrogens (tertiary/aromatic N) is 3. The minimum absolute atomic E-state index is 0.00691. The number of carbonyl (C=O) groups excluding carboxylic acids is 4. The molecule has 2 saturated heterocycles. The van der Waals surface area contributed by atoms with Gasteiger partial charge in [0, 0.05) is 48.5 Å². The van der Waals surface area contributed by atoms with E-state index in [4.69, 9.17) is 19.7 Å². The van der Waals surface area contributed by atoms with Crippen molar-refractivity contribution in [3.8, 4) is 0 Å². The number of hydrogen-bond acceptors (Lipinski definition) is 11. The third-order valence-electron chi connectivity index (χ3n) is 6.57. The van der Waals surface area contributed by atoms with Crippen LogP contribution in [0.1, 0.15) is 32.1 Å². The molecule has 5 amide bonds. The number of nitrogens with one attached hydrogen (secondary N) is 5. The molecule has 2 fully saturated rings. The van der Waals surface area contributed by atoms with Crippen molar-refractivity contribution >= 4 is 35.5 Å². The molecule has 0 aliphatic carbocycles. The summed E-state index contributed by atoms with van der Waals surface area (Å²) in [6.45, 7) is 2.56. The topological polar surface area (TPSA) is 245 Å². The monoisotopic (exact) mass is 632 g/mol. The highest BCUT2D eigenvalue weighted by atomic mass is 32.2. The minimum Gasteiger partial charge on any atom is -0.380 e. The van der Waals surface area contributed by atoms with Gasteiger partial charge in [0.15, 0.2) is 12.2 Å². The lowest BCUT2D eigenvalue weighted by Gasteiger charge is -2.17. The second kappa shape index (κ2) is 21.8. The molecule has 17 nitrogen and oxygen atoms in total. The van der Waals surface area contributed by atoms with Gasteiger partial charge in [-0.3, -0.25) is 14.4 Å². The third kappa shape index (κ3) is 14.9. The van der Waals surface area contributed by atoms with Crippen molar-refractivity contribution in [3.63, 3.8) is 0 Å². The molecule has 0 bridgehead atoms. The summed E-state index contributed by atoms with van der Waals surface area (Å²) in [5.41, 5.74) is 8.17. The molecule has 0 spiro atoms. The summed E-state index contributed by atoms with van der Waals surface area (Å²) < 4.78 is 16.1. The van der Waals surface area contributed by atoms with Gasteiger partial charge >= 0.3 is 6.03 Å². The summed E-state index contributed by atoms with van der Waals surface area (Å²) in [5.74, 6) is -0.900. The van der Waals surface area contributed by atoms with E-state index in [0.717, 1.165) is 25.0 Å². The summed E-state index contributed by atoms with van der Waals surface area (Å²) >= 11 is 1.87. The number of urea groups is 1. The Labute approximate surface area is 254 Å². The molecule has 0 aromatic rings. The van der Waals surface area contributed by atoms with Gasteiger partial charge in [0.05, 0.1) is 51.7 Å². The van der Waals surface area contributed by atoms with E-state index in [1.165, 1.54) is 0 Å². The zero-order valence-corrected chi connectivity index (χ0v) is 25.0. The Hall–Kier alpha value is -2.86. The summed E-state index contributed by atoms with van der Waals surface area (Å²) in [6.07, 6.45) is -0.341. The van der Waals surface area contributed by atoms with Crippen LogP contribution in [0.15, 0.2) is 5.11 Å². The number of hydrogen-bond donors (Lipinski definition) is 7. The Kier molecular flexibility index (Phi) is 18.4. The number of rotatable bonds is 24. The fraction of sp³-hybridized carbons (Fsp3) is 0.840. The maximum Gasteiger partial charge on any atom is 0.315 e. The molecule has 0 saturated carbocycles. The smallest absolute Gasteiger partial charge is 0.315 e. The number of azide groups is 1. The molecular formula is C25H44N8O9S.